The smallest absolute Gasteiger partial charge is 0.247 e. The van der Waals surface area contributed by atoms with Crippen molar-refractivity contribution in [1.29, 1.82) is 0 Å². The lowest BCUT2D eigenvalue weighted by atomic mass is 10.0. The molecule has 2 aliphatic rings. The number of hydrogen-bond acceptors (Lipinski definition) is 7. The summed E-state index contributed by atoms with van der Waals surface area (Å²) in [5.41, 5.74) is 7.98. The van der Waals surface area contributed by atoms with E-state index in [4.69, 9.17) is 15.2 Å². The van der Waals surface area contributed by atoms with Crippen LogP contribution in [0.25, 0.3) is 22.2 Å². The third-order valence-electron chi connectivity index (χ3n) is 8.44. The van der Waals surface area contributed by atoms with Gasteiger partial charge in [0.2, 0.25) is 11.8 Å². The van der Waals surface area contributed by atoms with Crippen LogP contribution in [0.5, 0.6) is 11.5 Å². The predicted octanol–water partition coefficient (Wildman–Crippen LogP) is 6.13. The summed E-state index contributed by atoms with van der Waals surface area (Å²) in [6.07, 6.45) is 3.78. The fourth-order valence-corrected chi connectivity index (χ4v) is 5.64. The SMILES string of the molecule is NC(=O)C1(C(=O)N(c2ccc(F)cc2)c2ccc(Oc3ccnc4cc(-c5ccc(N6CCOCC6)cc5)ncc34)c(F)c2)CC1. The van der Waals surface area contributed by atoms with Crippen LogP contribution in [-0.2, 0) is 14.3 Å². The van der Waals surface area contributed by atoms with Crippen LogP contribution in [0.2, 0.25) is 0 Å². The van der Waals surface area contributed by atoms with E-state index < -0.39 is 28.9 Å². The molecule has 3 aromatic carbocycles. The van der Waals surface area contributed by atoms with Crippen LogP contribution in [0.1, 0.15) is 12.8 Å². The third-order valence-corrected chi connectivity index (χ3v) is 8.44. The van der Waals surface area contributed by atoms with Gasteiger partial charge in [-0.05, 0) is 73.5 Å². The number of nitrogens with two attached hydrogens (primary N) is 1. The van der Waals surface area contributed by atoms with E-state index in [-0.39, 0.29) is 30.0 Å². The summed E-state index contributed by atoms with van der Waals surface area (Å²) in [6, 6.07) is 20.8. The molecular weight excluding hydrogens is 592 g/mol. The monoisotopic (exact) mass is 621 g/mol. The molecule has 0 bridgehead atoms. The lowest BCUT2D eigenvalue weighted by Crippen LogP contribution is -2.41. The zero-order valence-corrected chi connectivity index (χ0v) is 24.7. The molecule has 1 aliphatic heterocycles. The van der Waals surface area contributed by atoms with Gasteiger partial charge in [-0.15, -0.1) is 0 Å². The van der Waals surface area contributed by atoms with Crippen molar-refractivity contribution < 1.29 is 27.8 Å². The first kappa shape index (κ1) is 29.3. The largest absolute Gasteiger partial charge is 0.453 e. The van der Waals surface area contributed by atoms with Crippen LogP contribution in [0.3, 0.4) is 0 Å². The maximum absolute atomic E-state index is 15.6. The predicted molar refractivity (Wildman–Crippen MR) is 169 cm³/mol. The van der Waals surface area contributed by atoms with Crippen molar-refractivity contribution in [3.63, 3.8) is 0 Å². The fraction of sp³-hybridized carbons (Fsp3) is 0.200. The minimum atomic E-state index is -1.38. The molecule has 2 amide bonds. The van der Waals surface area contributed by atoms with Crippen LogP contribution in [0.15, 0.2) is 91.3 Å². The Morgan fingerprint density at radius 3 is 2.26 bits per heavy atom. The van der Waals surface area contributed by atoms with E-state index in [0.717, 1.165) is 36.1 Å². The van der Waals surface area contributed by atoms with Gasteiger partial charge in [0.25, 0.3) is 0 Å². The Kier molecular flexibility index (Phi) is 7.53. The summed E-state index contributed by atoms with van der Waals surface area (Å²) in [5, 5.41) is 0.583. The summed E-state index contributed by atoms with van der Waals surface area (Å²) >= 11 is 0. The second-order valence-electron chi connectivity index (χ2n) is 11.3. The van der Waals surface area contributed by atoms with Gasteiger partial charge in [-0.1, -0.05) is 12.1 Å². The molecule has 0 radical (unpaired) electrons. The summed E-state index contributed by atoms with van der Waals surface area (Å²) < 4.78 is 40.7. The van der Waals surface area contributed by atoms with Crippen LogP contribution in [-0.4, -0.2) is 48.1 Å². The van der Waals surface area contributed by atoms with Crippen molar-refractivity contribution in [3.8, 4) is 22.8 Å². The summed E-state index contributed by atoms with van der Waals surface area (Å²) in [4.78, 5) is 38.3. The number of pyridine rings is 2. The molecule has 0 atom stereocenters. The lowest BCUT2D eigenvalue weighted by molar-refractivity contribution is -0.133. The minimum Gasteiger partial charge on any atom is -0.453 e. The number of fused-ring (bicyclic) bond motifs is 1. The van der Waals surface area contributed by atoms with Gasteiger partial charge < -0.3 is 20.1 Å². The number of carbonyl (C=O) groups is 2. The van der Waals surface area contributed by atoms with Crippen LogP contribution >= 0.6 is 0 Å². The Labute approximate surface area is 263 Å². The van der Waals surface area contributed by atoms with Crippen molar-refractivity contribution >= 4 is 39.8 Å². The number of morpholine rings is 1. The van der Waals surface area contributed by atoms with Crippen molar-refractivity contribution in [3.05, 3.63) is 103 Å². The van der Waals surface area contributed by atoms with Crippen molar-refractivity contribution in [2.75, 3.05) is 36.1 Å². The number of hydrogen-bond donors (Lipinski definition) is 1. The maximum atomic E-state index is 15.6. The molecule has 2 fully saturated rings. The summed E-state index contributed by atoms with van der Waals surface area (Å²) in [5.74, 6) is -2.36. The van der Waals surface area contributed by atoms with Gasteiger partial charge in [0.15, 0.2) is 11.6 Å². The average molecular weight is 622 g/mol. The van der Waals surface area contributed by atoms with Gasteiger partial charge in [0.05, 0.1) is 35.5 Å². The lowest BCUT2D eigenvalue weighted by Gasteiger charge is -2.28. The number of ether oxygens (including phenoxy) is 2. The molecule has 3 heterocycles. The Balaban J connectivity index is 1.15. The molecule has 1 saturated carbocycles. The highest BCUT2D eigenvalue weighted by molar-refractivity contribution is 6.16. The topological polar surface area (TPSA) is 111 Å². The molecular formula is C35H29F2N5O4. The maximum Gasteiger partial charge on any atom is 0.247 e. The quantitative estimate of drug-likeness (QED) is 0.208. The summed E-state index contributed by atoms with van der Waals surface area (Å²) in [7, 11) is 0. The Hall–Kier alpha value is -5.42. The molecule has 11 heteroatoms. The number of amides is 2. The molecule has 5 aromatic rings. The number of rotatable bonds is 8. The molecule has 2 N–H and O–H groups in total. The number of primary amides is 1. The van der Waals surface area contributed by atoms with E-state index in [1.807, 2.05) is 18.2 Å². The number of carbonyl (C=O) groups excluding carboxylic acids is 2. The van der Waals surface area contributed by atoms with E-state index in [9.17, 15) is 14.0 Å². The van der Waals surface area contributed by atoms with Gasteiger partial charge in [0.1, 0.15) is 17.0 Å². The number of benzene rings is 3. The molecule has 232 valence electrons. The zero-order valence-electron chi connectivity index (χ0n) is 24.7. The highest BCUT2D eigenvalue weighted by Gasteiger charge is 2.57. The highest BCUT2D eigenvalue weighted by atomic mass is 19.1. The van der Waals surface area contributed by atoms with Crippen LogP contribution < -0.4 is 20.3 Å². The third kappa shape index (κ3) is 5.49. The summed E-state index contributed by atoms with van der Waals surface area (Å²) in [6.45, 7) is 3.13. The first-order chi connectivity index (χ1) is 22.3. The number of aromatic nitrogens is 2. The average Bonchev–Trinajstić information content (AvgIpc) is 3.90. The van der Waals surface area contributed by atoms with Crippen LogP contribution in [0.4, 0.5) is 25.8 Å². The second-order valence-corrected chi connectivity index (χ2v) is 11.3. The van der Waals surface area contributed by atoms with Gasteiger partial charge in [0, 0.05) is 48.5 Å². The molecule has 1 aliphatic carbocycles. The normalized spacial score (nSPS) is 15.4. The molecule has 9 nitrogen and oxygen atoms in total. The van der Waals surface area contributed by atoms with E-state index in [2.05, 4.69) is 27.0 Å². The molecule has 1 saturated heterocycles. The standard InChI is InChI=1S/C35H29F2N5O4/c36-23-3-7-25(8-4-23)42(34(44)35(12-13-35)33(38)43)26-9-10-32(28(37)19-26)46-31-11-14-39-30-20-29(40-21-27(30)31)22-1-5-24(6-2-22)41-15-17-45-18-16-41/h1-11,14,19-21H,12-13,15-18H2,(H2,38,43). The van der Waals surface area contributed by atoms with Crippen molar-refractivity contribution in [2.45, 2.75) is 12.8 Å². The van der Waals surface area contributed by atoms with Crippen molar-refractivity contribution in [2.24, 2.45) is 11.1 Å². The number of halogens is 2. The Morgan fingerprint density at radius 1 is 0.870 bits per heavy atom. The highest BCUT2D eigenvalue weighted by Crippen LogP contribution is 2.49. The molecule has 46 heavy (non-hydrogen) atoms. The fourth-order valence-electron chi connectivity index (χ4n) is 5.64. The van der Waals surface area contributed by atoms with Crippen LogP contribution in [0, 0.1) is 17.0 Å². The second kappa shape index (κ2) is 11.8. The number of nitrogens with zero attached hydrogens (tertiary/aromatic N) is 4. The Bertz CT molecular complexity index is 1940. The first-order valence-electron chi connectivity index (χ1n) is 14.9. The molecule has 0 spiro atoms. The van der Waals surface area contributed by atoms with Gasteiger partial charge in [-0.3, -0.25) is 24.5 Å². The van der Waals surface area contributed by atoms with Gasteiger partial charge in [-0.25, -0.2) is 8.78 Å². The van der Waals surface area contributed by atoms with E-state index in [1.54, 1.807) is 18.5 Å². The van der Waals surface area contributed by atoms with Gasteiger partial charge >= 0.3 is 0 Å². The zero-order chi connectivity index (χ0) is 31.8. The minimum absolute atomic E-state index is 0.0958. The van der Waals surface area contributed by atoms with E-state index in [1.165, 1.54) is 41.3 Å². The Morgan fingerprint density at radius 2 is 1.59 bits per heavy atom. The molecule has 0 unspecified atom stereocenters. The number of anilines is 3. The molecule has 2 aromatic heterocycles. The van der Waals surface area contributed by atoms with Crippen molar-refractivity contribution in [1.82, 2.24) is 9.97 Å². The van der Waals surface area contributed by atoms with E-state index >= 15 is 4.39 Å². The van der Waals surface area contributed by atoms with E-state index in [0.29, 0.717) is 29.9 Å². The first-order valence-corrected chi connectivity index (χ1v) is 14.9. The molecule has 7 rings (SSSR count). The van der Waals surface area contributed by atoms with Gasteiger partial charge in [-0.2, -0.15) is 0 Å².